The molecule has 1 aromatic heterocycles. The highest BCUT2D eigenvalue weighted by Gasteiger charge is 2.23. The Balaban J connectivity index is 1.86. The van der Waals surface area contributed by atoms with Crippen LogP contribution >= 0.6 is 22.9 Å². The van der Waals surface area contributed by atoms with Crippen LogP contribution in [0.1, 0.15) is 20.0 Å². The molecule has 0 saturated carbocycles. The van der Waals surface area contributed by atoms with Crippen molar-refractivity contribution in [1.82, 2.24) is 5.32 Å². The number of halogens is 1. The predicted octanol–water partition coefficient (Wildman–Crippen LogP) is 4.45. The van der Waals surface area contributed by atoms with Crippen LogP contribution in [0.15, 0.2) is 72.1 Å². The molecule has 2 aromatic carbocycles. The summed E-state index contributed by atoms with van der Waals surface area (Å²) in [6.07, 6.45) is -0.933. The number of anilines is 1. The Morgan fingerprint density at radius 2 is 1.64 bits per heavy atom. The van der Waals surface area contributed by atoms with Crippen LogP contribution < -0.4 is 10.6 Å². The summed E-state index contributed by atoms with van der Waals surface area (Å²) in [5.74, 6) is -0.561. The maximum absolute atomic E-state index is 12.8. The van der Waals surface area contributed by atoms with Crippen molar-refractivity contribution in [1.29, 1.82) is 0 Å². The summed E-state index contributed by atoms with van der Waals surface area (Å²) in [5.41, 5.74) is 1.07. The Labute approximate surface area is 154 Å². The molecule has 3 aromatic rings. The third kappa shape index (κ3) is 4.26. The second-order valence-electron chi connectivity index (χ2n) is 5.24. The Hall–Kier alpha value is -2.63. The molecular formula is C19H15ClN2O2S. The van der Waals surface area contributed by atoms with E-state index in [1.165, 1.54) is 11.3 Å². The average molecular weight is 371 g/mol. The third-order valence-electron chi connectivity index (χ3n) is 3.51. The number of benzene rings is 2. The van der Waals surface area contributed by atoms with Gasteiger partial charge >= 0.3 is 0 Å². The fraction of sp³-hybridized carbons (Fsp3) is 0.0526. The number of rotatable bonds is 6. The van der Waals surface area contributed by atoms with Gasteiger partial charge in [-0.3, -0.25) is 9.59 Å². The number of para-hydroxylation sites is 1. The molecule has 0 unspecified atom stereocenters. The van der Waals surface area contributed by atoms with Crippen molar-refractivity contribution in [3.05, 3.63) is 87.6 Å². The van der Waals surface area contributed by atoms with Gasteiger partial charge in [0.1, 0.15) is 0 Å². The van der Waals surface area contributed by atoms with Crippen molar-refractivity contribution in [3.8, 4) is 0 Å². The molecule has 2 N–H and O–H groups in total. The summed E-state index contributed by atoms with van der Waals surface area (Å²) in [4.78, 5) is 25.8. The minimum Gasteiger partial charge on any atom is -0.358 e. The standard InChI is InChI=1S/C19H15ClN2O2S/c20-14-9-4-5-10-15(14)21-18(17(23)13-7-2-1-3-8-13)22-19(24)16-11-6-12-25-16/h1-12,18,21H,(H,22,24)/t18-/m1/s1. The lowest BCUT2D eigenvalue weighted by atomic mass is 10.1. The van der Waals surface area contributed by atoms with Gasteiger partial charge in [0.2, 0.25) is 5.78 Å². The first-order valence-electron chi connectivity index (χ1n) is 7.60. The van der Waals surface area contributed by atoms with Crippen LogP contribution in [-0.4, -0.2) is 17.9 Å². The van der Waals surface area contributed by atoms with Gasteiger partial charge in [0.05, 0.1) is 15.6 Å². The Morgan fingerprint density at radius 3 is 2.32 bits per heavy atom. The van der Waals surface area contributed by atoms with E-state index in [2.05, 4.69) is 10.6 Å². The van der Waals surface area contributed by atoms with Gasteiger partial charge in [0.25, 0.3) is 5.91 Å². The zero-order valence-corrected chi connectivity index (χ0v) is 14.7. The second-order valence-corrected chi connectivity index (χ2v) is 6.59. The smallest absolute Gasteiger partial charge is 0.263 e. The molecule has 25 heavy (non-hydrogen) atoms. The molecule has 3 rings (SSSR count). The summed E-state index contributed by atoms with van der Waals surface area (Å²) in [6, 6.07) is 19.4. The maximum Gasteiger partial charge on any atom is 0.263 e. The molecule has 0 fully saturated rings. The van der Waals surface area contributed by atoms with E-state index in [1.54, 1.807) is 60.7 Å². The van der Waals surface area contributed by atoms with E-state index in [0.717, 1.165) is 0 Å². The topological polar surface area (TPSA) is 58.2 Å². The highest BCUT2D eigenvalue weighted by molar-refractivity contribution is 7.12. The van der Waals surface area contributed by atoms with Gasteiger partial charge in [-0.05, 0) is 23.6 Å². The van der Waals surface area contributed by atoms with E-state index in [4.69, 9.17) is 11.6 Å². The van der Waals surface area contributed by atoms with Crippen LogP contribution in [0, 0.1) is 0 Å². The second kappa shape index (κ2) is 7.96. The lowest BCUT2D eigenvalue weighted by Crippen LogP contribution is -2.46. The van der Waals surface area contributed by atoms with E-state index < -0.39 is 6.17 Å². The first-order chi connectivity index (χ1) is 12.1. The molecule has 0 aliphatic heterocycles. The summed E-state index contributed by atoms with van der Waals surface area (Å²) >= 11 is 7.48. The number of hydrogen-bond donors (Lipinski definition) is 2. The summed E-state index contributed by atoms with van der Waals surface area (Å²) < 4.78 is 0. The Kier molecular flexibility index (Phi) is 5.48. The monoisotopic (exact) mass is 370 g/mol. The molecule has 0 aliphatic carbocycles. The number of ketones is 1. The van der Waals surface area contributed by atoms with Crippen molar-refractivity contribution in [2.24, 2.45) is 0 Å². The summed E-state index contributed by atoms with van der Waals surface area (Å²) in [7, 11) is 0. The van der Waals surface area contributed by atoms with Crippen LogP contribution in [0.25, 0.3) is 0 Å². The number of carbonyl (C=O) groups excluding carboxylic acids is 2. The minimum atomic E-state index is -0.933. The minimum absolute atomic E-state index is 0.245. The van der Waals surface area contributed by atoms with Gasteiger partial charge in [-0.15, -0.1) is 11.3 Å². The maximum atomic E-state index is 12.8. The van der Waals surface area contributed by atoms with E-state index in [0.29, 0.717) is 21.2 Å². The zero-order chi connectivity index (χ0) is 17.6. The van der Waals surface area contributed by atoms with Gasteiger partial charge in [0, 0.05) is 5.56 Å². The van der Waals surface area contributed by atoms with Crippen molar-refractivity contribution >= 4 is 40.3 Å². The number of amides is 1. The predicted molar refractivity (Wildman–Crippen MR) is 101 cm³/mol. The fourth-order valence-corrected chi connectivity index (χ4v) is 3.10. The average Bonchev–Trinajstić information content (AvgIpc) is 3.18. The molecule has 0 spiro atoms. The number of nitrogens with one attached hydrogen (secondary N) is 2. The van der Waals surface area contributed by atoms with Crippen molar-refractivity contribution in [2.45, 2.75) is 6.17 Å². The van der Waals surface area contributed by atoms with Crippen molar-refractivity contribution < 1.29 is 9.59 Å². The lowest BCUT2D eigenvalue weighted by molar-refractivity contribution is 0.0872. The van der Waals surface area contributed by atoms with E-state index in [-0.39, 0.29) is 11.7 Å². The van der Waals surface area contributed by atoms with Gasteiger partial charge in [-0.25, -0.2) is 0 Å². The highest BCUT2D eigenvalue weighted by Crippen LogP contribution is 2.22. The molecule has 126 valence electrons. The van der Waals surface area contributed by atoms with Crippen molar-refractivity contribution in [2.75, 3.05) is 5.32 Å². The van der Waals surface area contributed by atoms with Crippen molar-refractivity contribution in [3.63, 3.8) is 0 Å². The van der Waals surface area contributed by atoms with E-state index in [1.807, 2.05) is 11.4 Å². The highest BCUT2D eigenvalue weighted by atomic mass is 35.5. The van der Waals surface area contributed by atoms with Gasteiger partial charge in [-0.2, -0.15) is 0 Å². The van der Waals surface area contributed by atoms with Gasteiger partial charge in [-0.1, -0.05) is 60.1 Å². The molecule has 0 aliphatic rings. The summed E-state index contributed by atoms with van der Waals surface area (Å²) in [6.45, 7) is 0. The Bertz CT molecular complexity index is 866. The number of carbonyl (C=O) groups is 2. The molecule has 4 nitrogen and oxygen atoms in total. The molecule has 0 saturated heterocycles. The number of Topliss-reactive ketones (excluding diaryl/α,β-unsaturated/α-hetero) is 1. The van der Waals surface area contributed by atoms with Crippen LogP contribution in [0.2, 0.25) is 5.02 Å². The molecule has 6 heteroatoms. The SMILES string of the molecule is O=C(N[C@@H](Nc1ccccc1Cl)C(=O)c1ccccc1)c1cccs1. The third-order valence-corrected chi connectivity index (χ3v) is 4.71. The molecular weight excluding hydrogens is 356 g/mol. The zero-order valence-electron chi connectivity index (χ0n) is 13.1. The largest absolute Gasteiger partial charge is 0.358 e. The molecule has 1 heterocycles. The quantitative estimate of drug-likeness (QED) is 0.497. The molecule has 1 amide bonds. The summed E-state index contributed by atoms with van der Waals surface area (Å²) in [5, 5.41) is 8.06. The number of thiophene rings is 1. The first kappa shape index (κ1) is 17.2. The van der Waals surface area contributed by atoms with E-state index >= 15 is 0 Å². The molecule has 0 radical (unpaired) electrons. The van der Waals surface area contributed by atoms with Crippen LogP contribution in [-0.2, 0) is 0 Å². The van der Waals surface area contributed by atoms with E-state index in [9.17, 15) is 9.59 Å². The van der Waals surface area contributed by atoms with Crippen LogP contribution in [0.3, 0.4) is 0 Å². The molecule has 0 bridgehead atoms. The lowest BCUT2D eigenvalue weighted by Gasteiger charge is -2.20. The fourth-order valence-electron chi connectivity index (χ4n) is 2.28. The molecule has 1 atom stereocenters. The Morgan fingerprint density at radius 1 is 0.920 bits per heavy atom. The van der Waals surface area contributed by atoms with Crippen LogP contribution in [0.5, 0.6) is 0 Å². The van der Waals surface area contributed by atoms with Crippen LogP contribution in [0.4, 0.5) is 5.69 Å². The first-order valence-corrected chi connectivity index (χ1v) is 8.85. The van der Waals surface area contributed by atoms with Gasteiger partial charge in [0.15, 0.2) is 6.17 Å². The number of hydrogen-bond acceptors (Lipinski definition) is 4. The van der Waals surface area contributed by atoms with Gasteiger partial charge < -0.3 is 10.6 Å². The normalized spacial score (nSPS) is 11.6.